The Labute approximate surface area is 266 Å². The fourth-order valence-electron chi connectivity index (χ4n) is 6.42. The van der Waals surface area contributed by atoms with E-state index in [1.807, 2.05) is 48.1 Å². The molecule has 0 atom stereocenters. The Morgan fingerprint density at radius 2 is 1.56 bits per heavy atom. The van der Waals surface area contributed by atoms with E-state index >= 15 is 0 Å². The van der Waals surface area contributed by atoms with Gasteiger partial charge in [0.25, 0.3) is 0 Å². The van der Waals surface area contributed by atoms with Gasteiger partial charge in [-0.1, -0.05) is 45.4 Å². The van der Waals surface area contributed by atoms with Gasteiger partial charge in [-0.15, -0.1) is 0 Å². The molecule has 1 saturated carbocycles. The first kappa shape index (κ1) is 32.4. The van der Waals surface area contributed by atoms with Crippen LogP contribution in [0.1, 0.15) is 101 Å². The lowest BCUT2D eigenvalue weighted by Crippen LogP contribution is -2.52. The van der Waals surface area contributed by atoms with Crippen molar-refractivity contribution in [3.8, 4) is 22.8 Å². The summed E-state index contributed by atoms with van der Waals surface area (Å²) in [5, 5.41) is 2.97. The molecule has 0 bridgehead atoms. The molecule has 9 heteroatoms. The van der Waals surface area contributed by atoms with Gasteiger partial charge in [0.2, 0.25) is 0 Å². The van der Waals surface area contributed by atoms with E-state index in [4.69, 9.17) is 19.2 Å². The van der Waals surface area contributed by atoms with Crippen molar-refractivity contribution < 1.29 is 19.0 Å². The van der Waals surface area contributed by atoms with Crippen LogP contribution in [0, 0.1) is 6.92 Å². The van der Waals surface area contributed by atoms with Crippen LogP contribution in [0.3, 0.4) is 0 Å². The molecule has 0 unspecified atom stereocenters. The van der Waals surface area contributed by atoms with Gasteiger partial charge in [0, 0.05) is 30.3 Å². The highest BCUT2D eigenvalue weighted by atomic mass is 16.6. The number of hydrogen-bond donors (Lipinski definition) is 1. The molecule has 5 rings (SSSR count). The average molecular weight is 617 g/mol. The third kappa shape index (κ3) is 6.53. The van der Waals surface area contributed by atoms with Crippen LogP contribution in [-0.2, 0) is 17.7 Å². The number of alkyl carbamates (subject to hydrolysis) is 1. The Hall–Kier alpha value is -4.01. The predicted octanol–water partition coefficient (Wildman–Crippen LogP) is 6.91. The van der Waals surface area contributed by atoms with Crippen molar-refractivity contribution in [2.75, 3.05) is 14.2 Å². The second-order valence-electron chi connectivity index (χ2n) is 14.0. The number of carbonyl (C=O) groups is 1. The zero-order valence-electron chi connectivity index (χ0n) is 28.4. The zero-order valence-corrected chi connectivity index (χ0v) is 28.4. The Bertz CT molecular complexity index is 1710. The Morgan fingerprint density at radius 1 is 0.956 bits per heavy atom. The van der Waals surface area contributed by atoms with E-state index in [1.54, 1.807) is 14.2 Å². The van der Waals surface area contributed by atoms with Gasteiger partial charge in [0.05, 0.1) is 25.6 Å². The minimum Gasteiger partial charge on any atom is -0.493 e. The summed E-state index contributed by atoms with van der Waals surface area (Å²) in [5.41, 5.74) is 7.23. The van der Waals surface area contributed by atoms with Crippen molar-refractivity contribution >= 4 is 11.8 Å². The molecule has 2 aliphatic rings. The predicted molar refractivity (Wildman–Crippen MR) is 177 cm³/mol. The Kier molecular flexibility index (Phi) is 8.93. The fraction of sp³-hybridized carbons (Fsp3) is 0.528. The second kappa shape index (κ2) is 12.4. The highest BCUT2D eigenvalue weighted by molar-refractivity contribution is 5.70. The largest absolute Gasteiger partial charge is 0.493 e. The van der Waals surface area contributed by atoms with Gasteiger partial charge in [-0.2, -0.15) is 0 Å². The molecule has 242 valence electrons. The summed E-state index contributed by atoms with van der Waals surface area (Å²) in [6.45, 7) is 16.9. The topological polar surface area (TPSA) is 96.1 Å². The number of benzene rings is 2. The molecule has 1 aliphatic carbocycles. The molecule has 2 aromatic carbocycles. The first-order valence-electron chi connectivity index (χ1n) is 16.0. The van der Waals surface area contributed by atoms with Gasteiger partial charge in [-0.25, -0.2) is 14.6 Å². The molecule has 3 aromatic rings. The Balaban J connectivity index is 1.70. The monoisotopic (exact) mass is 616 g/mol. The van der Waals surface area contributed by atoms with E-state index in [0.29, 0.717) is 42.8 Å². The highest BCUT2D eigenvalue weighted by Crippen LogP contribution is 2.39. The molecule has 1 fully saturated rings. The van der Waals surface area contributed by atoms with Crippen molar-refractivity contribution in [2.24, 2.45) is 4.99 Å². The van der Waals surface area contributed by atoms with Crippen molar-refractivity contribution in [1.82, 2.24) is 14.5 Å². The minimum atomic E-state index is -0.579. The van der Waals surface area contributed by atoms with Gasteiger partial charge in [0.1, 0.15) is 11.1 Å². The zero-order chi connectivity index (χ0) is 32.8. The summed E-state index contributed by atoms with van der Waals surface area (Å²) < 4.78 is 20.4. The second-order valence-corrected chi connectivity index (χ2v) is 14.0. The number of nitrogens with zero attached hydrogens (tertiary/aromatic N) is 3. The maximum Gasteiger partial charge on any atom is 0.407 e. The van der Waals surface area contributed by atoms with Crippen LogP contribution < -0.4 is 26.0 Å². The standard InChI is InChI=1S/C36H48N4O5/c1-20(2)26-13-22(5)14-27(21(3)4)33(26)38-32-19-29-28-18-31(44-10)30(43-9)15-23(28)11-12-39(29)35(42)40(32)25-16-24(17-25)37-34(41)45-36(6,7)8/h13-15,18-21,24-25H,11-12,16-17H2,1-10H3,(H,37,41). The first-order chi connectivity index (χ1) is 21.2. The molecule has 1 aromatic heterocycles. The summed E-state index contributed by atoms with van der Waals surface area (Å²) in [6.07, 6.45) is 1.49. The number of fused-ring (bicyclic) bond motifs is 3. The molecule has 0 radical (unpaired) electrons. The molecule has 1 amide bonds. The maximum absolute atomic E-state index is 14.5. The molecule has 2 heterocycles. The van der Waals surface area contributed by atoms with E-state index in [-0.39, 0.29) is 29.6 Å². The van der Waals surface area contributed by atoms with Gasteiger partial charge in [-0.3, -0.25) is 9.13 Å². The number of aryl methyl sites for hydroxylation is 2. The van der Waals surface area contributed by atoms with Gasteiger partial charge < -0.3 is 19.5 Å². The molecular weight excluding hydrogens is 568 g/mol. The van der Waals surface area contributed by atoms with E-state index in [9.17, 15) is 9.59 Å². The third-order valence-electron chi connectivity index (χ3n) is 8.71. The van der Waals surface area contributed by atoms with Crippen molar-refractivity contribution in [2.45, 2.75) is 111 Å². The van der Waals surface area contributed by atoms with E-state index in [2.05, 4.69) is 52.1 Å². The lowest BCUT2D eigenvalue weighted by atomic mass is 9.86. The number of aromatic nitrogens is 2. The van der Waals surface area contributed by atoms with Crippen LogP contribution in [0.2, 0.25) is 0 Å². The molecule has 1 aliphatic heterocycles. The summed E-state index contributed by atoms with van der Waals surface area (Å²) in [4.78, 5) is 32.3. The van der Waals surface area contributed by atoms with Crippen LogP contribution >= 0.6 is 0 Å². The summed E-state index contributed by atoms with van der Waals surface area (Å²) in [5.74, 6) is 1.78. The molecule has 45 heavy (non-hydrogen) atoms. The van der Waals surface area contributed by atoms with Crippen LogP contribution in [0.5, 0.6) is 11.5 Å². The third-order valence-corrected chi connectivity index (χ3v) is 8.71. The van der Waals surface area contributed by atoms with Crippen LogP contribution in [0.4, 0.5) is 10.5 Å². The number of methoxy groups -OCH3 is 2. The van der Waals surface area contributed by atoms with Crippen molar-refractivity contribution in [3.05, 3.63) is 68.6 Å². The molecule has 9 nitrogen and oxygen atoms in total. The van der Waals surface area contributed by atoms with E-state index in [0.717, 1.165) is 33.6 Å². The first-order valence-corrected chi connectivity index (χ1v) is 16.0. The fourth-order valence-corrected chi connectivity index (χ4v) is 6.42. The number of nitrogens with one attached hydrogen (secondary N) is 1. The molecular formula is C36H48N4O5. The van der Waals surface area contributed by atoms with Crippen LogP contribution in [-0.4, -0.2) is 41.1 Å². The van der Waals surface area contributed by atoms with Gasteiger partial charge in [-0.05, 0) is 87.6 Å². The van der Waals surface area contributed by atoms with E-state index < -0.39 is 11.7 Å². The van der Waals surface area contributed by atoms with Crippen molar-refractivity contribution in [3.63, 3.8) is 0 Å². The maximum atomic E-state index is 14.5. The normalized spacial score (nSPS) is 17.9. The molecule has 1 N–H and O–H groups in total. The van der Waals surface area contributed by atoms with Crippen molar-refractivity contribution in [1.29, 1.82) is 0 Å². The van der Waals surface area contributed by atoms with Gasteiger partial charge in [0.15, 0.2) is 11.5 Å². The van der Waals surface area contributed by atoms with Crippen LogP contribution in [0.25, 0.3) is 11.3 Å². The highest BCUT2D eigenvalue weighted by Gasteiger charge is 2.35. The number of carbonyl (C=O) groups excluding carboxylic acids is 1. The minimum absolute atomic E-state index is 0.0834. The number of hydrogen-bond acceptors (Lipinski definition) is 6. The summed E-state index contributed by atoms with van der Waals surface area (Å²) in [7, 11) is 3.26. The quantitative estimate of drug-likeness (QED) is 0.311. The van der Waals surface area contributed by atoms with Gasteiger partial charge >= 0.3 is 11.8 Å². The van der Waals surface area contributed by atoms with Crippen LogP contribution in [0.15, 0.2) is 40.1 Å². The number of amides is 1. The van der Waals surface area contributed by atoms with E-state index in [1.165, 1.54) is 5.56 Å². The summed E-state index contributed by atoms with van der Waals surface area (Å²) >= 11 is 0. The SMILES string of the molecule is COc1cc2c(cc1OC)-c1cc(=Nc3c(C(C)C)cc(C)cc3C(C)C)n(C3CC(NC(=O)OC(C)(C)C)C3)c(=O)n1CC2. The Morgan fingerprint density at radius 3 is 2.11 bits per heavy atom. The summed E-state index contributed by atoms with van der Waals surface area (Å²) in [6, 6.07) is 10.2. The molecule has 0 saturated heterocycles. The lowest BCUT2D eigenvalue weighted by Gasteiger charge is -2.38. The lowest BCUT2D eigenvalue weighted by molar-refractivity contribution is 0.0453. The average Bonchev–Trinajstić information content (AvgIpc) is 2.94. The molecule has 0 spiro atoms. The number of ether oxygens (including phenoxy) is 3. The number of rotatable bonds is 7. The smallest absolute Gasteiger partial charge is 0.407 e.